The van der Waals surface area contributed by atoms with E-state index < -0.39 is 13.0 Å². The molecule has 1 aliphatic carbocycles. The van der Waals surface area contributed by atoms with Crippen LogP contribution >= 0.6 is 0 Å². The van der Waals surface area contributed by atoms with E-state index in [1.54, 1.807) is 6.82 Å². The smallest absolute Gasteiger partial charge is 0.309 e. The van der Waals surface area contributed by atoms with Gasteiger partial charge >= 0.3 is 6.92 Å². The highest BCUT2D eigenvalue weighted by Crippen LogP contribution is 2.39. The van der Waals surface area contributed by atoms with Crippen molar-refractivity contribution < 1.29 is 9.82 Å². The molecule has 19 heavy (non-hydrogen) atoms. The number of hydrogen-bond donors (Lipinski definition) is 2. The van der Waals surface area contributed by atoms with E-state index in [0.29, 0.717) is 0 Å². The standard InChI is InChI=1S/C14H27BN2O2/c1-14(8-4-3-5-9-14)12(16)13(18)17-10-6-7-11(17)15(2)19/h11-12,19H,3-10,16H2,1-2H3. The van der Waals surface area contributed by atoms with Crippen LogP contribution in [0.1, 0.15) is 51.9 Å². The van der Waals surface area contributed by atoms with Crippen molar-refractivity contribution in [2.24, 2.45) is 11.1 Å². The lowest BCUT2D eigenvalue weighted by molar-refractivity contribution is -0.136. The fourth-order valence-electron chi connectivity index (χ4n) is 3.71. The molecule has 2 unspecified atom stereocenters. The second-order valence-electron chi connectivity index (χ2n) is 6.67. The lowest BCUT2D eigenvalue weighted by Gasteiger charge is -2.40. The zero-order valence-electron chi connectivity index (χ0n) is 12.3. The highest BCUT2D eigenvalue weighted by molar-refractivity contribution is 6.51. The predicted octanol–water partition coefficient (Wildman–Crippen LogP) is 1.43. The summed E-state index contributed by atoms with van der Waals surface area (Å²) in [6.07, 6.45) is 7.59. The number of nitrogens with two attached hydrogens (primary N) is 1. The number of carbonyl (C=O) groups is 1. The summed E-state index contributed by atoms with van der Waals surface area (Å²) in [4.78, 5) is 14.5. The Balaban J connectivity index is 2.05. The molecule has 1 heterocycles. The van der Waals surface area contributed by atoms with E-state index in [4.69, 9.17) is 5.73 Å². The lowest BCUT2D eigenvalue weighted by atomic mass is 9.62. The molecule has 0 spiro atoms. The quantitative estimate of drug-likeness (QED) is 0.759. The molecular weight excluding hydrogens is 239 g/mol. The first-order chi connectivity index (χ1) is 8.96. The van der Waals surface area contributed by atoms with Gasteiger partial charge in [0, 0.05) is 12.5 Å². The third-order valence-corrected chi connectivity index (χ3v) is 5.15. The third kappa shape index (κ3) is 2.97. The fourth-order valence-corrected chi connectivity index (χ4v) is 3.71. The summed E-state index contributed by atoms with van der Waals surface area (Å²) in [5.74, 6) is 0.0125. The van der Waals surface area contributed by atoms with Gasteiger partial charge in [-0.15, -0.1) is 0 Å². The highest BCUT2D eigenvalue weighted by Gasteiger charge is 2.43. The van der Waals surface area contributed by atoms with Crippen LogP contribution in [0.2, 0.25) is 6.82 Å². The van der Waals surface area contributed by atoms with Crippen LogP contribution in [-0.4, -0.2) is 41.3 Å². The Labute approximate surface area is 116 Å². The Morgan fingerprint density at radius 1 is 1.37 bits per heavy atom. The molecule has 1 amide bonds. The van der Waals surface area contributed by atoms with Crippen molar-refractivity contribution in [2.45, 2.75) is 70.7 Å². The van der Waals surface area contributed by atoms with Crippen molar-refractivity contribution in [3.63, 3.8) is 0 Å². The first-order valence-corrected chi connectivity index (χ1v) is 7.70. The molecule has 2 fully saturated rings. The molecule has 1 saturated carbocycles. The van der Waals surface area contributed by atoms with E-state index in [1.165, 1.54) is 19.3 Å². The average molecular weight is 266 g/mol. The number of hydrogen-bond acceptors (Lipinski definition) is 3. The summed E-state index contributed by atoms with van der Waals surface area (Å²) in [6, 6.07) is -0.410. The van der Waals surface area contributed by atoms with Gasteiger partial charge in [0.05, 0.1) is 6.04 Å². The number of likely N-dealkylation sites (tertiary alicyclic amines) is 1. The molecule has 2 aliphatic rings. The van der Waals surface area contributed by atoms with E-state index in [9.17, 15) is 9.82 Å². The molecule has 0 radical (unpaired) electrons. The summed E-state index contributed by atoms with van der Waals surface area (Å²) in [7, 11) is 0. The van der Waals surface area contributed by atoms with Crippen molar-refractivity contribution in [2.75, 3.05) is 6.54 Å². The molecule has 1 saturated heterocycles. The molecule has 3 N–H and O–H groups in total. The molecule has 0 bridgehead atoms. The van der Waals surface area contributed by atoms with Crippen molar-refractivity contribution in [1.82, 2.24) is 4.90 Å². The third-order valence-electron chi connectivity index (χ3n) is 5.15. The Morgan fingerprint density at radius 2 is 2.00 bits per heavy atom. The summed E-state index contributed by atoms with van der Waals surface area (Å²) in [5.41, 5.74) is 6.24. The molecule has 108 valence electrons. The van der Waals surface area contributed by atoms with E-state index in [0.717, 1.165) is 32.2 Å². The van der Waals surface area contributed by atoms with Crippen LogP contribution < -0.4 is 5.73 Å². The number of nitrogens with zero attached hydrogens (tertiary/aromatic N) is 1. The molecule has 0 aromatic rings. The second-order valence-corrected chi connectivity index (χ2v) is 6.67. The maximum atomic E-state index is 12.7. The minimum atomic E-state index is -0.460. The first-order valence-electron chi connectivity index (χ1n) is 7.70. The molecule has 5 heteroatoms. The van der Waals surface area contributed by atoms with Gasteiger partial charge in [-0.2, -0.15) is 0 Å². The maximum absolute atomic E-state index is 12.7. The zero-order chi connectivity index (χ0) is 14.0. The molecule has 2 atom stereocenters. The summed E-state index contributed by atoms with van der Waals surface area (Å²) in [6.45, 7) is 4.21. The zero-order valence-corrected chi connectivity index (χ0v) is 12.3. The number of amides is 1. The Hall–Kier alpha value is -0.545. The van der Waals surface area contributed by atoms with Crippen molar-refractivity contribution in [3.05, 3.63) is 0 Å². The van der Waals surface area contributed by atoms with Crippen molar-refractivity contribution in [1.29, 1.82) is 0 Å². The van der Waals surface area contributed by atoms with E-state index in [1.807, 2.05) is 4.90 Å². The van der Waals surface area contributed by atoms with E-state index in [-0.39, 0.29) is 17.3 Å². The van der Waals surface area contributed by atoms with Crippen LogP contribution in [0.4, 0.5) is 0 Å². The summed E-state index contributed by atoms with van der Waals surface area (Å²) >= 11 is 0. The summed E-state index contributed by atoms with van der Waals surface area (Å²) in [5, 5.41) is 9.79. The van der Waals surface area contributed by atoms with Gasteiger partial charge in [0.1, 0.15) is 0 Å². The van der Waals surface area contributed by atoms with Gasteiger partial charge in [0.25, 0.3) is 0 Å². The van der Waals surface area contributed by atoms with Gasteiger partial charge in [-0.05, 0) is 31.1 Å². The largest absolute Gasteiger partial charge is 0.449 e. The minimum absolute atomic E-state index is 0.0364. The number of rotatable bonds is 3. The van der Waals surface area contributed by atoms with E-state index >= 15 is 0 Å². The van der Waals surface area contributed by atoms with Crippen molar-refractivity contribution in [3.8, 4) is 0 Å². The number of carbonyl (C=O) groups excluding carboxylic acids is 1. The van der Waals surface area contributed by atoms with Crippen molar-refractivity contribution >= 4 is 12.8 Å². The van der Waals surface area contributed by atoms with E-state index in [2.05, 4.69) is 6.92 Å². The topological polar surface area (TPSA) is 66.6 Å². The van der Waals surface area contributed by atoms with Crippen LogP contribution in [0.5, 0.6) is 0 Å². The van der Waals surface area contributed by atoms with Gasteiger partial charge in [-0.3, -0.25) is 4.79 Å². The summed E-state index contributed by atoms with van der Waals surface area (Å²) < 4.78 is 0. The molecule has 0 aromatic heterocycles. The maximum Gasteiger partial charge on any atom is 0.309 e. The molecule has 1 aliphatic heterocycles. The Morgan fingerprint density at radius 3 is 2.58 bits per heavy atom. The van der Waals surface area contributed by atoms with Crippen LogP contribution in [0.3, 0.4) is 0 Å². The SMILES string of the molecule is CB(O)C1CCCN1C(=O)C(N)C1(C)CCCCC1. The fraction of sp³-hybridized carbons (Fsp3) is 0.929. The van der Waals surface area contributed by atoms with Crippen LogP contribution in [0.15, 0.2) is 0 Å². The first kappa shape index (κ1) is 14.9. The Kier molecular flexibility index (Phi) is 4.56. The van der Waals surface area contributed by atoms with Gasteiger partial charge in [-0.1, -0.05) is 33.0 Å². The molecule has 2 rings (SSSR count). The Bertz CT molecular complexity index is 329. The van der Waals surface area contributed by atoms with Gasteiger partial charge in [0.15, 0.2) is 0 Å². The minimum Gasteiger partial charge on any atom is -0.449 e. The molecular formula is C14H27BN2O2. The monoisotopic (exact) mass is 266 g/mol. The molecule has 4 nitrogen and oxygen atoms in total. The van der Waals surface area contributed by atoms with Gasteiger partial charge < -0.3 is 15.7 Å². The highest BCUT2D eigenvalue weighted by atomic mass is 16.2. The van der Waals surface area contributed by atoms with Gasteiger partial charge in [0.2, 0.25) is 5.91 Å². The molecule has 0 aromatic carbocycles. The van der Waals surface area contributed by atoms with Crippen LogP contribution in [0.25, 0.3) is 0 Å². The van der Waals surface area contributed by atoms with Gasteiger partial charge in [-0.25, -0.2) is 0 Å². The lowest BCUT2D eigenvalue weighted by Crippen LogP contribution is -2.56. The normalized spacial score (nSPS) is 28.2. The van der Waals surface area contributed by atoms with Crippen LogP contribution in [0, 0.1) is 5.41 Å². The second kappa shape index (κ2) is 5.84. The van der Waals surface area contributed by atoms with Crippen LogP contribution in [-0.2, 0) is 4.79 Å². The average Bonchev–Trinajstić information content (AvgIpc) is 2.87. The predicted molar refractivity (Wildman–Crippen MR) is 77.7 cm³/mol.